The predicted octanol–water partition coefficient (Wildman–Crippen LogP) is 3.36. The van der Waals surface area contributed by atoms with E-state index in [1.165, 1.54) is 4.90 Å². The Morgan fingerprint density at radius 3 is 2.46 bits per heavy atom. The molecule has 1 aromatic carbocycles. The molecule has 7 atom stereocenters. The lowest BCUT2D eigenvalue weighted by molar-refractivity contribution is -0.155. The van der Waals surface area contributed by atoms with Crippen LogP contribution in [0.15, 0.2) is 30.3 Å². The number of carbonyl (C=O) groups is 3. The van der Waals surface area contributed by atoms with Crippen molar-refractivity contribution in [2.24, 2.45) is 17.3 Å². The van der Waals surface area contributed by atoms with Gasteiger partial charge in [-0.05, 0) is 44.6 Å². The molecule has 3 fully saturated rings. The number of likely N-dealkylation sites (tertiary alicyclic amines) is 1. The van der Waals surface area contributed by atoms with Crippen molar-refractivity contribution in [3.8, 4) is 0 Å². The molecule has 0 aliphatic carbocycles. The Balaban J connectivity index is 1.80. The van der Waals surface area contributed by atoms with Crippen molar-refractivity contribution >= 4 is 33.7 Å². The van der Waals surface area contributed by atoms with Crippen molar-refractivity contribution < 1.29 is 29.0 Å². The van der Waals surface area contributed by atoms with E-state index in [2.05, 4.69) is 42.0 Å². The van der Waals surface area contributed by atoms with Crippen LogP contribution in [-0.2, 0) is 23.9 Å². The largest absolute Gasteiger partial charge is 0.466 e. The van der Waals surface area contributed by atoms with Crippen LogP contribution in [0.3, 0.4) is 0 Å². The summed E-state index contributed by atoms with van der Waals surface area (Å²) in [6.45, 7) is 11.8. The molecule has 1 aromatic rings. The van der Waals surface area contributed by atoms with Gasteiger partial charge in [-0.3, -0.25) is 14.4 Å². The molecule has 2 bridgehead atoms. The summed E-state index contributed by atoms with van der Waals surface area (Å²) in [6, 6.07) is 7.38. The zero-order valence-corrected chi connectivity index (χ0v) is 24.1. The average Bonchev–Trinajstić information content (AvgIpc) is 3.37. The zero-order chi connectivity index (χ0) is 27.3. The van der Waals surface area contributed by atoms with Crippen molar-refractivity contribution in [1.29, 1.82) is 0 Å². The van der Waals surface area contributed by atoms with E-state index < -0.39 is 47.1 Å². The molecule has 37 heavy (non-hydrogen) atoms. The van der Waals surface area contributed by atoms with E-state index in [1.54, 1.807) is 6.92 Å². The number of nitrogens with zero attached hydrogens (tertiary/aromatic N) is 1. The first-order chi connectivity index (χ1) is 17.3. The highest BCUT2D eigenvalue weighted by atomic mass is 79.9. The molecule has 204 valence electrons. The van der Waals surface area contributed by atoms with Gasteiger partial charge in [-0.25, -0.2) is 0 Å². The van der Waals surface area contributed by atoms with Gasteiger partial charge in [-0.15, -0.1) is 0 Å². The minimum absolute atomic E-state index is 0.0429. The number of nitrogens with one attached hydrogen (secondary N) is 1. The van der Waals surface area contributed by atoms with Crippen LogP contribution in [0.5, 0.6) is 0 Å². The molecule has 9 heteroatoms. The lowest BCUT2D eigenvalue weighted by Crippen LogP contribution is -2.60. The van der Waals surface area contributed by atoms with Crippen LogP contribution in [0.4, 0.5) is 0 Å². The molecule has 2 amide bonds. The molecule has 1 unspecified atom stereocenters. The maximum Gasteiger partial charge on any atom is 0.312 e. The number of carbonyl (C=O) groups excluding carboxylic acids is 3. The molecule has 8 nitrogen and oxygen atoms in total. The first-order valence-electron chi connectivity index (χ1n) is 13.0. The van der Waals surface area contributed by atoms with Crippen LogP contribution < -0.4 is 5.32 Å². The third-order valence-electron chi connectivity index (χ3n) is 7.66. The van der Waals surface area contributed by atoms with E-state index in [-0.39, 0.29) is 35.3 Å². The Bertz CT molecular complexity index is 1040. The Labute approximate surface area is 227 Å². The lowest BCUT2D eigenvalue weighted by atomic mass is 9.70. The number of benzene rings is 1. The van der Waals surface area contributed by atoms with Gasteiger partial charge in [0.1, 0.15) is 11.6 Å². The minimum Gasteiger partial charge on any atom is -0.466 e. The standard InChI is InChI=1S/C28H39BrN2O6/c1-7-36-25(35)19-20-24(34)31(18(14-32)16-11-9-8-10-12-16)22(28(20)13-17(29)21(19)37-28)23(33)30-27(5,6)15-26(2,3)4/h8-12,17-22,32H,7,13-15H2,1-6H3,(H,30,33)/t17?,18-,19+,20-,21+,22+,28-/m1/s1. The predicted molar refractivity (Wildman–Crippen MR) is 142 cm³/mol. The Morgan fingerprint density at radius 1 is 1.24 bits per heavy atom. The molecule has 2 N–H and O–H groups in total. The molecule has 3 aliphatic heterocycles. The number of hydrogen-bond donors (Lipinski definition) is 2. The number of alkyl halides is 1. The molecule has 3 heterocycles. The van der Waals surface area contributed by atoms with Crippen molar-refractivity contribution in [3.05, 3.63) is 35.9 Å². The second-order valence-corrected chi connectivity index (χ2v) is 13.6. The number of ether oxygens (including phenoxy) is 2. The van der Waals surface area contributed by atoms with Gasteiger partial charge < -0.3 is 24.8 Å². The van der Waals surface area contributed by atoms with Crippen LogP contribution in [0.25, 0.3) is 0 Å². The third kappa shape index (κ3) is 4.94. The fourth-order valence-corrected chi connectivity index (χ4v) is 7.95. The lowest BCUT2D eigenvalue weighted by Gasteiger charge is -2.40. The number of esters is 1. The topological polar surface area (TPSA) is 105 Å². The molecule has 1 spiro atoms. The van der Waals surface area contributed by atoms with E-state index in [9.17, 15) is 19.5 Å². The minimum atomic E-state index is -1.21. The average molecular weight is 580 g/mol. The SMILES string of the molecule is CCOC(=O)[C@@H]1[C@H]2O[C@@]3(CC2Br)[C@H](C(=O)NC(C)(C)CC(C)(C)C)N([C@H](CO)c2ccccc2)C(=O)[C@@H]13. The first-order valence-corrected chi connectivity index (χ1v) is 14.0. The second-order valence-electron chi connectivity index (χ2n) is 12.4. The monoisotopic (exact) mass is 578 g/mol. The smallest absolute Gasteiger partial charge is 0.312 e. The van der Waals surface area contributed by atoms with Crippen molar-refractivity contribution in [3.63, 3.8) is 0 Å². The van der Waals surface area contributed by atoms with Crippen LogP contribution >= 0.6 is 15.9 Å². The van der Waals surface area contributed by atoms with E-state index in [0.29, 0.717) is 18.4 Å². The van der Waals surface area contributed by atoms with Gasteiger partial charge in [0.25, 0.3) is 0 Å². The summed E-state index contributed by atoms with van der Waals surface area (Å²) in [5.74, 6) is -2.90. The molecule has 0 saturated carbocycles. The van der Waals surface area contributed by atoms with E-state index in [0.717, 1.165) is 0 Å². The van der Waals surface area contributed by atoms with Gasteiger partial charge in [-0.1, -0.05) is 67.0 Å². The summed E-state index contributed by atoms with van der Waals surface area (Å²) in [5, 5.41) is 13.7. The number of hydrogen-bond acceptors (Lipinski definition) is 6. The number of aliphatic hydroxyl groups excluding tert-OH is 1. The molecule has 3 aliphatic rings. The maximum atomic E-state index is 14.2. The molecule has 0 radical (unpaired) electrons. The summed E-state index contributed by atoms with van der Waals surface area (Å²) in [7, 11) is 0. The second kappa shape index (κ2) is 9.97. The van der Waals surface area contributed by atoms with Gasteiger partial charge in [0.05, 0.1) is 37.2 Å². The van der Waals surface area contributed by atoms with Crippen molar-refractivity contribution in [1.82, 2.24) is 10.2 Å². The number of amides is 2. The maximum absolute atomic E-state index is 14.2. The van der Waals surface area contributed by atoms with E-state index in [1.807, 2.05) is 44.2 Å². The molecule has 0 aromatic heterocycles. The van der Waals surface area contributed by atoms with Gasteiger partial charge >= 0.3 is 5.97 Å². The van der Waals surface area contributed by atoms with Crippen LogP contribution in [-0.4, -0.2) is 69.1 Å². The quantitative estimate of drug-likeness (QED) is 0.362. The van der Waals surface area contributed by atoms with Crippen LogP contribution in [0.1, 0.15) is 66.0 Å². The number of aliphatic hydroxyl groups is 1. The van der Waals surface area contributed by atoms with Gasteiger partial charge in [0.15, 0.2) is 0 Å². The fourth-order valence-electron chi connectivity index (χ4n) is 7.01. The van der Waals surface area contributed by atoms with Gasteiger partial charge in [-0.2, -0.15) is 0 Å². The number of halogens is 1. The first kappa shape index (κ1) is 28.0. The van der Waals surface area contributed by atoms with Gasteiger partial charge in [0, 0.05) is 10.4 Å². The summed E-state index contributed by atoms with van der Waals surface area (Å²) < 4.78 is 11.9. The Hall–Kier alpha value is -1.97. The number of rotatable bonds is 8. The highest BCUT2D eigenvalue weighted by Crippen LogP contribution is 2.61. The normalized spacial score (nSPS) is 31.8. The molecular weight excluding hydrogens is 540 g/mol. The molecule has 4 rings (SSSR count). The van der Waals surface area contributed by atoms with Crippen LogP contribution in [0, 0.1) is 17.3 Å². The zero-order valence-electron chi connectivity index (χ0n) is 22.5. The summed E-state index contributed by atoms with van der Waals surface area (Å²) in [6.07, 6.45) is 0.531. The summed E-state index contributed by atoms with van der Waals surface area (Å²) in [4.78, 5) is 42.8. The Morgan fingerprint density at radius 2 is 1.89 bits per heavy atom. The van der Waals surface area contributed by atoms with Crippen molar-refractivity contribution in [2.75, 3.05) is 13.2 Å². The highest BCUT2D eigenvalue weighted by molar-refractivity contribution is 9.09. The summed E-state index contributed by atoms with van der Waals surface area (Å²) in [5.41, 5.74) is -1.11. The van der Waals surface area contributed by atoms with E-state index >= 15 is 0 Å². The van der Waals surface area contributed by atoms with Gasteiger partial charge in [0.2, 0.25) is 11.8 Å². The fraction of sp³-hybridized carbons (Fsp3) is 0.679. The number of fused-ring (bicyclic) bond motifs is 1. The highest BCUT2D eigenvalue weighted by Gasteiger charge is 2.77. The Kier molecular flexibility index (Phi) is 7.56. The third-order valence-corrected chi connectivity index (χ3v) is 8.51. The summed E-state index contributed by atoms with van der Waals surface area (Å²) >= 11 is 3.66. The molecular formula is C28H39BrN2O6. The van der Waals surface area contributed by atoms with Crippen molar-refractivity contribution in [2.45, 2.75) is 88.5 Å². The van der Waals surface area contributed by atoms with Crippen LogP contribution in [0.2, 0.25) is 0 Å². The van der Waals surface area contributed by atoms with E-state index in [4.69, 9.17) is 9.47 Å². The molecule has 3 saturated heterocycles.